The summed E-state index contributed by atoms with van der Waals surface area (Å²) < 4.78 is 18.1. The Hall–Kier alpha value is -1.40. The molecule has 0 aliphatic carbocycles. The third-order valence-electron chi connectivity index (χ3n) is 2.72. The van der Waals surface area contributed by atoms with Crippen molar-refractivity contribution in [1.82, 2.24) is 0 Å². The molecule has 2 rings (SSSR count). The highest BCUT2D eigenvalue weighted by atomic mass is 79.9. The van der Waals surface area contributed by atoms with Crippen molar-refractivity contribution in [3.05, 3.63) is 39.3 Å². The van der Waals surface area contributed by atoms with Crippen LogP contribution in [-0.4, -0.2) is 13.7 Å². The van der Waals surface area contributed by atoms with Crippen LogP contribution < -0.4 is 19.9 Å². The number of methoxy groups -OCH3 is 1. The molecule has 21 heavy (non-hydrogen) atoms. The molecule has 0 saturated heterocycles. The Kier molecular flexibility index (Phi) is 5.36. The number of hydrogen-bond donors (Lipinski definition) is 1. The molecule has 2 aromatic carbocycles. The normalized spacial score (nSPS) is 10.3. The zero-order chi connectivity index (χ0) is 15.4. The van der Waals surface area contributed by atoms with Gasteiger partial charge in [-0.05, 0) is 63.0 Å². The third-order valence-corrected chi connectivity index (χ3v) is 3.96. The molecule has 0 radical (unpaired) electrons. The van der Waals surface area contributed by atoms with Gasteiger partial charge in [0.15, 0.2) is 0 Å². The molecule has 0 aliphatic heterocycles. The van der Waals surface area contributed by atoms with Gasteiger partial charge in [-0.3, -0.25) is 0 Å². The van der Waals surface area contributed by atoms with Crippen LogP contribution in [0.4, 0.5) is 5.69 Å². The lowest BCUT2D eigenvalue weighted by Crippen LogP contribution is -1.97. The summed E-state index contributed by atoms with van der Waals surface area (Å²) in [4.78, 5) is 0. The first-order chi connectivity index (χ1) is 10.0. The van der Waals surface area contributed by atoms with E-state index in [0.717, 1.165) is 14.7 Å². The Labute approximate surface area is 140 Å². The zero-order valence-electron chi connectivity index (χ0n) is 11.7. The topological polar surface area (TPSA) is 53.7 Å². The number of nitrogen functional groups attached to an aromatic ring is 1. The maximum absolute atomic E-state index is 5.86. The Bertz CT molecular complexity index is 647. The minimum Gasteiger partial charge on any atom is -0.496 e. The summed E-state index contributed by atoms with van der Waals surface area (Å²) in [6.07, 6.45) is 0. The highest BCUT2D eigenvalue weighted by Crippen LogP contribution is 2.39. The number of anilines is 1. The minimum atomic E-state index is 0.547. The SMILES string of the molecule is CCOc1cc(Oc2cc(Br)c(OC)cc2Br)ccc1N. The molecule has 0 amide bonds. The van der Waals surface area contributed by atoms with Crippen LogP contribution in [0.15, 0.2) is 39.3 Å². The van der Waals surface area contributed by atoms with E-state index in [-0.39, 0.29) is 0 Å². The lowest BCUT2D eigenvalue weighted by atomic mass is 10.2. The summed E-state index contributed by atoms with van der Waals surface area (Å²) in [6.45, 7) is 2.45. The van der Waals surface area contributed by atoms with E-state index in [9.17, 15) is 0 Å². The van der Waals surface area contributed by atoms with Gasteiger partial charge in [0.1, 0.15) is 23.0 Å². The summed E-state index contributed by atoms with van der Waals surface area (Å²) in [5.74, 6) is 2.64. The molecule has 112 valence electrons. The Morgan fingerprint density at radius 1 is 1.00 bits per heavy atom. The van der Waals surface area contributed by atoms with E-state index in [1.807, 2.05) is 19.1 Å². The molecule has 0 heterocycles. The van der Waals surface area contributed by atoms with Gasteiger partial charge in [0.05, 0.1) is 28.3 Å². The maximum atomic E-state index is 5.86. The van der Waals surface area contributed by atoms with Crippen LogP contribution in [0.25, 0.3) is 0 Å². The standard InChI is InChI=1S/C15H15Br2NO3/c1-3-20-15-6-9(4-5-12(15)18)21-14-8-10(16)13(19-2)7-11(14)17/h4-8H,3,18H2,1-2H3. The van der Waals surface area contributed by atoms with Gasteiger partial charge >= 0.3 is 0 Å². The van der Waals surface area contributed by atoms with Gasteiger partial charge in [-0.15, -0.1) is 0 Å². The highest BCUT2D eigenvalue weighted by Gasteiger charge is 2.10. The molecule has 0 unspecified atom stereocenters. The smallest absolute Gasteiger partial charge is 0.145 e. The van der Waals surface area contributed by atoms with Gasteiger partial charge in [-0.2, -0.15) is 0 Å². The molecule has 0 bridgehead atoms. The minimum absolute atomic E-state index is 0.547. The average molecular weight is 417 g/mol. The Morgan fingerprint density at radius 3 is 2.33 bits per heavy atom. The van der Waals surface area contributed by atoms with E-state index < -0.39 is 0 Å². The van der Waals surface area contributed by atoms with Crippen LogP contribution >= 0.6 is 31.9 Å². The molecule has 6 heteroatoms. The van der Waals surface area contributed by atoms with Gasteiger partial charge in [0.25, 0.3) is 0 Å². The zero-order valence-corrected chi connectivity index (χ0v) is 14.8. The Balaban J connectivity index is 2.30. The van der Waals surface area contributed by atoms with Gasteiger partial charge in [0.2, 0.25) is 0 Å². The summed E-state index contributed by atoms with van der Waals surface area (Å²) in [5.41, 5.74) is 6.43. The molecule has 0 aromatic heterocycles. The van der Waals surface area contributed by atoms with E-state index in [1.54, 1.807) is 25.3 Å². The molecular weight excluding hydrogens is 402 g/mol. The van der Waals surface area contributed by atoms with Crippen molar-refractivity contribution in [3.8, 4) is 23.0 Å². The molecule has 4 nitrogen and oxygen atoms in total. The molecule has 0 aliphatic rings. The van der Waals surface area contributed by atoms with E-state index in [4.69, 9.17) is 19.9 Å². The van der Waals surface area contributed by atoms with E-state index in [2.05, 4.69) is 31.9 Å². The molecule has 0 spiro atoms. The van der Waals surface area contributed by atoms with Crippen molar-refractivity contribution in [1.29, 1.82) is 0 Å². The van der Waals surface area contributed by atoms with Crippen molar-refractivity contribution in [3.63, 3.8) is 0 Å². The van der Waals surface area contributed by atoms with Crippen LogP contribution in [0.2, 0.25) is 0 Å². The average Bonchev–Trinajstić information content (AvgIpc) is 2.46. The van der Waals surface area contributed by atoms with Crippen molar-refractivity contribution in [2.24, 2.45) is 0 Å². The second kappa shape index (κ2) is 7.04. The predicted molar refractivity (Wildman–Crippen MR) is 90.5 cm³/mol. The van der Waals surface area contributed by atoms with Crippen LogP contribution in [0.3, 0.4) is 0 Å². The second-order valence-electron chi connectivity index (χ2n) is 4.15. The van der Waals surface area contributed by atoms with Gasteiger partial charge in [-0.1, -0.05) is 0 Å². The molecule has 0 atom stereocenters. The van der Waals surface area contributed by atoms with Crippen molar-refractivity contribution < 1.29 is 14.2 Å². The molecule has 2 aromatic rings. The fourth-order valence-electron chi connectivity index (χ4n) is 1.73. The number of rotatable bonds is 5. The van der Waals surface area contributed by atoms with Gasteiger partial charge in [0, 0.05) is 6.07 Å². The largest absolute Gasteiger partial charge is 0.496 e. The van der Waals surface area contributed by atoms with Crippen molar-refractivity contribution in [2.45, 2.75) is 6.92 Å². The quantitative estimate of drug-likeness (QED) is 0.697. The van der Waals surface area contributed by atoms with E-state index in [0.29, 0.717) is 29.5 Å². The lowest BCUT2D eigenvalue weighted by Gasteiger charge is -2.13. The monoisotopic (exact) mass is 415 g/mol. The number of hydrogen-bond acceptors (Lipinski definition) is 4. The molecular formula is C15H15Br2NO3. The second-order valence-corrected chi connectivity index (χ2v) is 5.86. The van der Waals surface area contributed by atoms with Gasteiger partial charge < -0.3 is 19.9 Å². The first kappa shape index (κ1) is 16.0. The predicted octanol–water partition coefficient (Wildman–Crippen LogP) is 4.99. The first-order valence-corrected chi connectivity index (χ1v) is 7.87. The fourth-order valence-corrected chi connectivity index (χ4v) is 2.62. The summed E-state index contributed by atoms with van der Waals surface area (Å²) in [7, 11) is 1.61. The fraction of sp³-hybridized carbons (Fsp3) is 0.200. The molecule has 0 fully saturated rings. The summed E-state index contributed by atoms with van der Waals surface area (Å²) in [6, 6.07) is 8.98. The maximum Gasteiger partial charge on any atom is 0.145 e. The lowest BCUT2D eigenvalue weighted by molar-refractivity contribution is 0.340. The number of ether oxygens (including phenoxy) is 3. The molecule has 2 N–H and O–H groups in total. The number of nitrogens with two attached hydrogens (primary N) is 1. The van der Waals surface area contributed by atoms with Crippen LogP contribution in [-0.2, 0) is 0 Å². The third kappa shape index (κ3) is 3.83. The number of benzene rings is 2. The van der Waals surface area contributed by atoms with Crippen LogP contribution in [0.1, 0.15) is 6.92 Å². The highest BCUT2D eigenvalue weighted by molar-refractivity contribution is 9.11. The van der Waals surface area contributed by atoms with Crippen molar-refractivity contribution in [2.75, 3.05) is 19.5 Å². The van der Waals surface area contributed by atoms with Crippen molar-refractivity contribution >= 4 is 37.5 Å². The molecule has 0 saturated carbocycles. The summed E-state index contributed by atoms with van der Waals surface area (Å²) >= 11 is 6.90. The van der Waals surface area contributed by atoms with E-state index in [1.165, 1.54) is 0 Å². The van der Waals surface area contributed by atoms with Gasteiger partial charge in [-0.25, -0.2) is 0 Å². The van der Waals surface area contributed by atoms with Crippen LogP contribution in [0, 0.1) is 0 Å². The first-order valence-electron chi connectivity index (χ1n) is 6.28. The van der Waals surface area contributed by atoms with Crippen LogP contribution in [0.5, 0.6) is 23.0 Å². The van der Waals surface area contributed by atoms with E-state index >= 15 is 0 Å². The number of halogens is 2. The Morgan fingerprint density at radius 2 is 1.67 bits per heavy atom. The summed E-state index contributed by atoms with van der Waals surface area (Å²) in [5, 5.41) is 0.